The van der Waals surface area contributed by atoms with Gasteiger partial charge in [-0.2, -0.15) is 0 Å². The Bertz CT molecular complexity index is 485. The van der Waals surface area contributed by atoms with E-state index in [4.69, 9.17) is 5.11 Å². The Kier molecular flexibility index (Phi) is 5.51. The first-order valence-electron chi connectivity index (χ1n) is 7.09. The molecule has 0 amide bonds. The van der Waals surface area contributed by atoms with Crippen LogP contribution in [0.4, 0.5) is 0 Å². The van der Waals surface area contributed by atoms with Crippen molar-refractivity contribution in [3.05, 3.63) is 0 Å². The molecule has 0 heterocycles. The predicted octanol–water partition coefficient (Wildman–Crippen LogP) is 1.14. The van der Waals surface area contributed by atoms with E-state index in [0.29, 0.717) is 12.8 Å². The molecule has 4 atom stereocenters. The molecule has 0 bridgehead atoms. The van der Waals surface area contributed by atoms with Crippen molar-refractivity contribution in [3.63, 3.8) is 0 Å². The maximum Gasteiger partial charge on any atom is 0.310 e. The fourth-order valence-corrected chi connectivity index (χ4v) is 3.30. The lowest BCUT2D eigenvalue weighted by molar-refractivity contribution is -0.178. The van der Waals surface area contributed by atoms with Gasteiger partial charge < -0.3 is 20.4 Å². The summed E-state index contributed by atoms with van der Waals surface area (Å²) in [4.78, 5) is 45.8. The molecule has 1 saturated carbocycles. The molecule has 124 valence electrons. The maximum absolute atomic E-state index is 11.7. The van der Waals surface area contributed by atoms with Gasteiger partial charge in [0.2, 0.25) is 0 Å². The Balaban J connectivity index is 3.32. The van der Waals surface area contributed by atoms with Crippen LogP contribution in [0.2, 0.25) is 0 Å². The summed E-state index contributed by atoms with van der Waals surface area (Å²) in [5.41, 5.74) is -1.74. The van der Waals surface area contributed by atoms with Crippen LogP contribution in [0, 0.1) is 23.2 Å². The lowest BCUT2D eigenvalue weighted by atomic mass is 9.57. The second-order valence-corrected chi connectivity index (χ2v) is 5.78. The Morgan fingerprint density at radius 2 is 1.50 bits per heavy atom. The van der Waals surface area contributed by atoms with Crippen LogP contribution in [0.25, 0.3) is 0 Å². The molecule has 0 spiro atoms. The molecule has 0 aliphatic heterocycles. The molecule has 0 saturated heterocycles. The topological polar surface area (TPSA) is 149 Å². The number of hydrogen-bond donors (Lipinski definition) is 4. The third kappa shape index (κ3) is 3.20. The molecular formula is C14H20O8. The standard InChI is InChI=1S/C14H20O8/c1-2-3-4-14(13(21)22)6-8(11(17)18)7(10(15)16)5-9(14)12(19)20/h7-9H,2-6H2,1H3,(H,15,16)(H,17,18)(H,19,20)(H,21,22). The highest BCUT2D eigenvalue weighted by Gasteiger charge is 2.58. The van der Waals surface area contributed by atoms with Crippen LogP contribution < -0.4 is 0 Å². The second-order valence-electron chi connectivity index (χ2n) is 5.78. The van der Waals surface area contributed by atoms with Gasteiger partial charge in [-0.05, 0) is 19.3 Å². The highest BCUT2D eigenvalue weighted by molar-refractivity contribution is 5.88. The summed E-state index contributed by atoms with van der Waals surface area (Å²) >= 11 is 0. The molecule has 0 aromatic rings. The van der Waals surface area contributed by atoms with Crippen LogP contribution in [0.5, 0.6) is 0 Å². The summed E-state index contributed by atoms with van der Waals surface area (Å²) in [6.45, 7) is 1.81. The predicted molar refractivity (Wildman–Crippen MR) is 72.2 cm³/mol. The van der Waals surface area contributed by atoms with Gasteiger partial charge in [-0.25, -0.2) is 0 Å². The number of rotatable bonds is 7. The largest absolute Gasteiger partial charge is 0.481 e. The summed E-state index contributed by atoms with van der Waals surface area (Å²) in [6, 6.07) is 0. The Morgan fingerprint density at radius 1 is 0.955 bits per heavy atom. The minimum atomic E-state index is -1.74. The van der Waals surface area contributed by atoms with E-state index in [2.05, 4.69) is 0 Å². The van der Waals surface area contributed by atoms with Crippen LogP contribution in [0.1, 0.15) is 39.0 Å². The fraction of sp³-hybridized carbons (Fsp3) is 0.714. The molecule has 4 N–H and O–H groups in total. The molecule has 8 heteroatoms. The molecule has 4 unspecified atom stereocenters. The molecule has 1 rings (SSSR count). The molecule has 1 aliphatic rings. The van der Waals surface area contributed by atoms with E-state index < -0.39 is 59.9 Å². The fourth-order valence-electron chi connectivity index (χ4n) is 3.30. The van der Waals surface area contributed by atoms with E-state index in [-0.39, 0.29) is 6.42 Å². The van der Waals surface area contributed by atoms with Crippen LogP contribution >= 0.6 is 0 Å². The van der Waals surface area contributed by atoms with Gasteiger partial charge in [0.05, 0.1) is 23.2 Å². The molecule has 0 radical (unpaired) electrons. The lowest BCUT2D eigenvalue weighted by Gasteiger charge is -2.43. The zero-order chi connectivity index (χ0) is 17.1. The molecule has 8 nitrogen and oxygen atoms in total. The highest BCUT2D eigenvalue weighted by Crippen LogP contribution is 2.50. The van der Waals surface area contributed by atoms with Crippen LogP contribution in [0.3, 0.4) is 0 Å². The quantitative estimate of drug-likeness (QED) is 0.546. The van der Waals surface area contributed by atoms with Crippen LogP contribution in [-0.2, 0) is 19.2 Å². The SMILES string of the molecule is CCCCC1(C(=O)O)CC(C(=O)O)C(C(=O)O)CC1C(=O)O. The summed E-state index contributed by atoms with van der Waals surface area (Å²) in [7, 11) is 0. The van der Waals surface area contributed by atoms with E-state index in [1.165, 1.54) is 0 Å². The first kappa shape index (κ1) is 17.9. The first-order valence-corrected chi connectivity index (χ1v) is 7.09. The molecule has 0 aromatic carbocycles. The van der Waals surface area contributed by atoms with Gasteiger partial charge in [0, 0.05) is 0 Å². The van der Waals surface area contributed by atoms with Gasteiger partial charge >= 0.3 is 23.9 Å². The monoisotopic (exact) mass is 316 g/mol. The van der Waals surface area contributed by atoms with Crippen molar-refractivity contribution in [2.24, 2.45) is 23.2 Å². The number of carboxylic acids is 4. The minimum Gasteiger partial charge on any atom is -0.481 e. The first-order chi connectivity index (χ1) is 10.2. The van der Waals surface area contributed by atoms with E-state index in [9.17, 15) is 34.5 Å². The number of carbonyl (C=O) groups is 4. The summed E-state index contributed by atoms with van der Waals surface area (Å²) < 4.78 is 0. The summed E-state index contributed by atoms with van der Waals surface area (Å²) in [6.07, 6.45) is 0.108. The van der Waals surface area contributed by atoms with Crippen molar-refractivity contribution >= 4 is 23.9 Å². The van der Waals surface area contributed by atoms with E-state index >= 15 is 0 Å². The van der Waals surface area contributed by atoms with E-state index in [1.54, 1.807) is 0 Å². The van der Waals surface area contributed by atoms with Gasteiger partial charge in [-0.15, -0.1) is 0 Å². The average molecular weight is 316 g/mol. The highest BCUT2D eigenvalue weighted by atomic mass is 16.4. The van der Waals surface area contributed by atoms with Gasteiger partial charge in [0.15, 0.2) is 0 Å². The number of hydrogen-bond acceptors (Lipinski definition) is 4. The second kappa shape index (κ2) is 6.76. The van der Waals surface area contributed by atoms with Crippen molar-refractivity contribution in [1.82, 2.24) is 0 Å². The summed E-state index contributed by atoms with van der Waals surface area (Å²) in [5, 5.41) is 37.3. The van der Waals surface area contributed by atoms with Gasteiger partial charge in [0.1, 0.15) is 0 Å². The van der Waals surface area contributed by atoms with Crippen LogP contribution in [-0.4, -0.2) is 44.3 Å². The van der Waals surface area contributed by atoms with Gasteiger partial charge in [-0.3, -0.25) is 19.2 Å². The molecule has 1 fully saturated rings. The third-order valence-electron chi connectivity index (χ3n) is 4.56. The Labute approximate surface area is 126 Å². The normalized spacial score (nSPS) is 31.4. The van der Waals surface area contributed by atoms with Crippen LogP contribution in [0.15, 0.2) is 0 Å². The van der Waals surface area contributed by atoms with Crippen molar-refractivity contribution < 1.29 is 39.6 Å². The van der Waals surface area contributed by atoms with Gasteiger partial charge in [-0.1, -0.05) is 19.8 Å². The zero-order valence-electron chi connectivity index (χ0n) is 12.2. The Hall–Kier alpha value is -2.12. The molecule has 0 aromatic heterocycles. The molecule has 22 heavy (non-hydrogen) atoms. The average Bonchev–Trinajstić information content (AvgIpc) is 2.43. The zero-order valence-corrected chi connectivity index (χ0v) is 12.2. The lowest BCUT2D eigenvalue weighted by Crippen LogP contribution is -2.52. The van der Waals surface area contributed by atoms with Crippen molar-refractivity contribution in [2.75, 3.05) is 0 Å². The smallest absolute Gasteiger partial charge is 0.310 e. The number of aliphatic carboxylic acids is 4. The van der Waals surface area contributed by atoms with Crippen molar-refractivity contribution in [2.45, 2.75) is 39.0 Å². The number of carboxylic acid groups (broad SMARTS) is 4. The molecule has 1 aliphatic carbocycles. The minimum absolute atomic E-state index is 0.0198. The third-order valence-corrected chi connectivity index (χ3v) is 4.56. The van der Waals surface area contributed by atoms with E-state index in [1.807, 2.05) is 6.92 Å². The number of unbranched alkanes of at least 4 members (excludes halogenated alkanes) is 1. The molecular weight excluding hydrogens is 296 g/mol. The van der Waals surface area contributed by atoms with Gasteiger partial charge in [0.25, 0.3) is 0 Å². The maximum atomic E-state index is 11.7. The summed E-state index contributed by atoms with van der Waals surface area (Å²) in [5.74, 6) is -9.79. The Morgan fingerprint density at radius 3 is 1.86 bits per heavy atom. The van der Waals surface area contributed by atoms with Crippen molar-refractivity contribution in [3.8, 4) is 0 Å². The van der Waals surface area contributed by atoms with E-state index in [0.717, 1.165) is 0 Å². The van der Waals surface area contributed by atoms with Crippen molar-refractivity contribution in [1.29, 1.82) is 0 Å².